The molecule has 2 aromatic rings. The van der Waals surface area contributed by atoms with Gasteiger partial charge in [-0.3, -0.25) is 4.90 Å². The Labute approximate surface area is 111 Å². The molecular weight excluding hydrogens is 246 g/mol. The summed E-state index contributed by atoms with van der Waals surface area (Å²) in [4.78, 5) is 6.61. The number of hydrogen-bond acceptors (Lipinski definition) is 7. The van der Waals surface area contributed by atoms with Gasteiger partial charge in [0.25, 0.3) is 0 Å². The average Bonchev–Trinajstić information content (AvgIpc) is 2.99. The molecule has 7 nitrogen and oxygen atoms in total. The van der Waals surface area contributed by atoms with Crippen molar-refractivity contribution in [1.29, 1.82) is 0 Å². The number of nitrogens with zero attached hydrogens (tertiary/aromatic N) is 5. The second-order valence-electron chi connectivity index (χ2n) is 4.88. The highest BCUT2D eigenvalue weighted by Gasteiger charge is 2.29. The van der Waals surface area contributed by atoms with Gasteiger partial charge in [0, 0.05) is 6.92 Å². The number of aromatic nitrogens is 4. The van der Waals surface area contributed by atoms with Gasteiger partial charge in [0.15, 0.2) is 5.82 Å². The van der Waals surface area contributed by atoms with E-state index < -0.39 is 0 Å². The summed E-state index contributed by atoms with van der Waals surface area (Å²) < 4.78 is 10.8. The maximum absolute atomic E-state index is 5.45. The number of likely N-dealkylation sites (tertiary alicyclic amines) is 1. The van der Waals surface area contributed by atoms with E-state index in [1.165, 1.54) is 6.42 Å². The molecule has 0 aliphatic carbocycles. The van der Waals surface area contributed by atoms with E-state index in [-0.39, 0.29) is 6.04 Å². The minimum atomic E-state index is 0.155. The van der Waals surface area contributed by atoms with E-state index in [2.05, 4.69) is 25.2 Å². The molecule has 0 saturated carbocycles. The van der Waals surface area contributed by atoms with Gasteiger partial charge in [0.1, 0.15) is 0 Å². The predicted molar refractivity (Wildman–Crippen MR) is 65.1 cm³/mol. The van der Waals surface area contributed by atoms with Crippen molar-refractivity contribution >= 4 is 0 Å². The predicted octanol–water partition coefficient (Wildman–Crippen LogP) is 1.80. The van der Waals surface area contributed by atoms with Crippen LogP contribution in [-0.2, 0) is 6.54 Å². The molecule has 19 heavy (non-hydrogen) atoms. The van der Waals surface area contributed by atoms with Crippen LogP contribution in [0, 0.1) is 13.8 Å². The van der Waals surface area contributed by atoms with Crippen LogP contribution in [0.25, 0.3) is 0 Å². The third kappa shape index (κ3) is 2.65. The molecule has 7 heteroatoms. The van der Waals surface area contributed by atoms with Gasteiger partial charge in [-0.05, 0) is 26.3 Å². The fourth-order valence-corrected chi connectivity index (χ4v) is 2.48. The summed E-state index contributed by atoms with van der Waals surface area (Å²) >= 11 is 0. The van der Waals surface area contributed by atoms with Gasteiger partial charge in [-0.25, -0.2) is 0 Å². The molecule has 0 unspecified atom stereocenters. The molecule has 1 aliphatic rings. The highest BCUT2D eigenvalue weighted by molar-refractivity contribution is 4.95. The van der Waals surface area contributed by atoms with Crippen LogP contribution in [0.15, 0.2) is 8.94 Å². The maximum atomic E-state index is 5.45. The lowest BCUT2D eigenvalue weighted by Crippen LogP contribution is -2.33. The van der Waals surface area contributed by atoms with Crippen LogP contribution >= 0.6 is 0 Å². The summed E-state index contributed by atoms with van der Waals surface area (Å²) in [5, 5.41) is 11.8. The first-order valence-electron chi connectivity index (χ1n) is 6.55. The van der Waals surface area contributed by atoms with Crippen LogP contribution in [-0.4, -0.2) is 31.8 Å². The molecule has 0 aromatic carbocycles. The van der Waals surface area contributed by atoms with Crippen molar-refractivity contribution in [3.05, 3.63) is 23.5 Å². The van der Waals surface area contributed by atoms with Gasteiger partial charge < -0.3 is 8.94 Å². The molecular formula is C12H17N5O2. The van der Waals surface area contributed by atoms with Crippen molar-refractivity contribution in [3.8, 4) is 0 Å². The first kappa shape index (κ1) is 12.3. The van der Waals surface area contributed by atoms with Crippen molar-refractivity contribution in [3.63, 3.8) is 0 Å². The zero-order chi connectivity index (χ0) is 13.2. The Bertz CT molecular complexity index is 550. The molecule has 0 amide bonds. The average molecular weight is 263 g/mol. The van der Waals surface area contributed by atoms with Crippen molar-refractivity contribution < 1.29 is 8.94 Å². The second kappa shape index (κ2) is 5.08. The number of piperidine rings is 1. The van der Waals surface area contributed by atoms with Gasteiger partial charge in [0.05, 0.1) is 12.6 Å². The summed E-state index contributed by atoms with van der Waals surface area (Å²) in [6.45, 7) is 5.24. The van der Waals surface area contributed by atoms with Gasteiger partial charge >= 0.3 is 0 Å². The summed E-state index contributed by atoms with van der Waals surface area (Å²) in [6.07, 6.45) is 3.36. The molecule has 0 radical (unpaired) electrons. The number of aryl methyl sites for hydroxylation is 2. The minimum absolute atomic E-state index is 0.155. The van der Waals surface area contributed by atoms with Crippen molar-refractivity contribution in [2.24, 2.45) is 0 Å². The van der Waals surface area contributed by atoms with Crippen LogP contribution in [0.4, 0.5) is 0 Å². The Morgan fingerprint density at radius 1 is 1.26 bits per heavy atom. The highest BCUT2D eigenvalue weighted by atomic mass is 16.5. The third-order valence-corrected chi connectivity index (χ3v) is 3.35. The molecule has 1 saturated heterocycles. The normalized spacial score (nSPS) is 20.8. The summed E-state index contributed by atoms with van der Waals surface area (Å²) in [5.74, 6) is 2.60. The fourth-order valence-electron chi connectivity index (χ4n) is 2.48. The third-order valence-electron chi connectivity index (χ3n) is 3.35. The van der Waals surface area contributed by atoms with E-state index in [0.717, 1.165) is 19.4 Å². The standard InChI is InChI=1S/C12H17N5O2/c1-8-13-12(19-16-8)10-5-3-4-6-17(10)7-11-15-14-9(2)18-11/h10H,3-7H2,1-2H3/t10-/m0/s1. The number of hydrogen-bond donors (Lipinski definition) is 0. The molecule has 1 aliphatic heterocycles. The molecule has 0 bridgehead atoms. The topological polar surface area (TPSA) is 81.1 Å². The van der Waals surface area contributed by atoms with Gasteiger partial charge in [-0.2, -0.15) is 4.98 Å². The van der Waals surface area contributed by atoms with E-state index >= 15 is 0 Å². The maximum Gasteiger partial charge on any atom is 0.243 e. The smallest absolute Gasteiger partial charge is 0.243 e. The molecule has 102 valence electrons. The van der Waals surface area contributed by atoms with Gasteiger partial charge in [-0.1, -0.05) is 11.6 Å². The van der Waals surface area contributed by atoms with E-state index in [1.54, 1.807) is 6.92 Å². The molecule has 1 atom stereocenters. The van der Waals surface area contributed by atoms with Gasteiger partial charge in [0.2, 0.25) is 17.7 Å². The lowest BCUT2D eigenvalue weighted by atomic mass is 10.0. The highest BCUT2D eigenvalue weighted by Crippen LogP contribution is 2.30. The van der Waals surface area contributed by atoms with E-state index in [4.69, 9.17) is 8.94 Å². The Balaban J connectivity index is 1.77. The fraction of sp³-hybridized carbons (Fsp3) is 0.667. The second-order valence-corrected chi connectivity index (χ2v) is 4.88. The SMILES string of the molecule is Cc1noc([C@@H]2CCCCN2Cc2nnc(C)o2)n1. The largest absolute Gasteiger partial charge is 0.424 e. The molecule has 3 rings (SSSR count). The zero-order valence-electron chi connectivity index (χ0n) is 11.2. The summed E-state index contributed by atoms with van der Waals surface area (Å²) in [6, 6.07) is 0.155. The lowest BCUT2D eigenvalue weighted by Gasteiger charge is -2.32. The van der Waals surface area contributed by atoms with Crippen LogP contribution in [0.2, 0.25) is 0 Å². The van der Waals surface area contributed by atoms with E-state index in [9.17, 15) is 0 Å². The van der Waals surface area contributed by atoms with E-state index in [0.29, 0.717) is 30.0 Å². The van der Waals surface area contributed by atoms with Crippen LogP contribution in [0.3, 0.4) is 0 Å². The van der Waals surface area contributed by atoms with Crippen LogP contribution in [0.5, 0.6) is 0 Å². The van der Waals surface area contributed by atoms with Gasteiger partial charge in [-0.15, -0.1) is 10.2 Å². The van der Waals surface area contributed by atoms with Crippen LogP contribution < -0.4 is 0 Å². The molecule has 3 heterocycles. The number of rotatable bonds is 3. The van der Waals surface area contributed by atoms with E-state index in [1.807, 2.05) is 6.92 Å². The van der Waals surface area contributed by atoms with Crippen molar-refractivity contribution in [2.45, 2.75) is 45.7 Å². The molecule has 0 N–H and O–H groups in total. The monoisotopic (exact) mass is 263 g/mol. The molecule has 0 spiro atoms. The minimum Gasteiger partial charge on any atom is -0.424 e. The Hall–Kier alpha value is -1.76. The van der Waals surface area contributed by atoms with Crippen LogP contribution in [0.1, 0.15) is 48.8 Å². The Morgan fingerprint density at radius 2 is 2.16 bits per heavy atom. The Kier molecular flexibility index (Phi) is 3.29. The molecule has 2 aromatic heterocycles. The lowest BCUT2D eigenvalue weighted by molar-refractivity contribution is 0.101. The summed E-state index contributed by atoms with van der Waals surface area (Å²) in [5.41, 5.74) is 0. The molecule has 1 fully saturated rings. The quantitative estimate of drug-likeness (QED) is 0.835. The first-order valence-corrected chi connectivity index (χ1v) is 6.55. The van der Waals surface area contributed by atoms with Crippen molar-refractivity contribution in [2.75, 3.05) is 6.54 Å². The zero-order valence-corrected chi connectivity index (χ0v) is 11.2. The first-order chi connectivity index (χ1) is 9.22. The Morgan fingerprint density at radius 3 is 2.84 bits per heavy atom. The summed E-state index contributed by atoms with van der Waals surface area (Å²) in [7, 11) is 0. The van der Waals surface area contributed by atoms with Crippen molar-refractivity contribution in [1.82, 2.24) is 25.2 Å².